The summed E-state index contributed by atoms with van der Waals surface area (Å²) in [4.78, 5) is 26.1. The van der Waals surface area contributed by atoms with E-state index in [-0.39, 0.29) is 22.2 Å². The van der Waals surface area contributed by atoms with Crippen LogP contribution in [0.4, 0.5) is 0 Å². The average Bonchev–Trinajstić information content (AvgIpc) is 3.25. The number of hydrogen-bond donors (Lipinski definition) is 1. The molecule has 1 aromatic rings. The first-order chi connectivity index (χ1) is 11.4. The number of nitrogens with one attached hydrogen (secondary N) is 1. The van der Waals surface area contributed by atoms with Crippen LogP contribution >= 0.6 is 11.3 Å². The zero-order valence-corrected chi connectivity index (χ0v) is 15.6. The standard InChI is InChI=1S/C15H23N3O4S2/c1-3-17(4-2)13(19)11-16-15(20)14-12(7-10-23-14)24(21,22)18-8-5-6-9-18/h7,10H,3-6,8-9,11H2,1-2H3,(H,16,20). The normalized spacial score (nSPS) is 15.4. The second kappa shape index (κ2) is 8.09. The number of likely N-dealkylation sites (N-methyl/N-ethyl adjacent to an activating group) is 1. The lowest BCUT2D eigenvalue weighted by atomic mass is 10.4. The minimum absolute atomic E-state index is 0.0298. The molecule has 1 fully saturated rings. The fraction of sp³-hybridized carbons (Fsp3) is 0.600. The van der Waals surface area contributed by atoms with Crippen molar-refractivity contribution in [2.45, 2.75) is 31.6 Å². The van der Waals surface area contributed by atoms with Crippen molar-refractivity contribution in [2.24, 2.45) is 0 Å². The Kier molecular flexibility index (Phi) is 6.36. The number of thiophene rings is 1. The quantitative estimate of drug-likeness (QED) is 0.776. The van der Waals surface area contributed by atoms with Gasteiger partial charge >= 0.3 is 0 Å². The summed E-state index contributed by atoms with van der Waals surface area (Å²) in [5, 5.41) is 4.12. The third kappa shape index (κ3) is 3.96. The molecule has 0 spiro atoms. The van der Waals surface area contributed by atoms with Crippen molar-refractivity contribution in [3.05, 3.63) is 16.3 Å². The van der Waals surface area contributed by atoms with Gasteiger partial charge in [-0.05, 0) is 38.1 Å². The highest BCUT2D eigenvalue weighted by Crippen LogP contribution is 2.27. The highest BCUT2D eigenvalue weighted by Gasteiger charge is 2.31. The Morgan fingerprint density at radius 1 is 1.25 bits per heavy atom. The van der Waals surface area contributed by atoms with E-state index < -0.39 is 15.9 Å². The van der Waals surface area contributed by atoms with Crippen molar-refractivity contribution in [1.82, 2.24) is 14.5 Å². The van der Waals surface area contributed by atoms with Crippen LogP contribution < -0.4 is 5.32 Å². The van der Waals surface area contributed by atoms with Crippen LogP contribution in [0.3, 0.4) is 0 Å². The molecule has 1 aliphatic rings. The van der Waals surface area contributed by atoms with Gasteiger partial charge in [0.2, 0.25) is 15.9 Å². The first kappa shape index (κ1) is 18.9. The molecule has 0 aromatic carbocycles. The molecule has 1 aromatic heterocycles. The van der Waals surface area contributed by atoms with E-state index in [0.29, 0.717) is 26.2 Å². The number of rotatable bonds is 7. The van der Waals surface area contributed by atoms with E-state index in [9.17, 15) is 18.0 Å². The summed E-state index contributed by atoms with van der Waals surface area (Å²) in [6.45, 7) is 5.70. The minimum atomic E-state index is -3.65. The fourth-order valence-electron chi connectivity index (χ4n) is 2.66. The zero-order valence-electron chi connectivity index (χ0n) is 13.9. The number of carbonyl (C=O) groups is 2. The predicted molar refractivity (Wildman–Crippen MR) is 92.6 cm³/mol. The van der Waals surface area contributed by atoms with Gasteiger partial charge in [-0.3, -0.25) is 9.59 Å². The molecular formula is C15H23N3O4S2. The van der Waals surface area contributed by atoms with E-state index >= 15 is 0 Å². The van der Waals surface area contributed by atoms with Gasteiger partial charge in [-0.2, -0.15) is 4.31 Å². The Bertz CT molecular complexity index is 689. The van der Waals surface area contributed by atoms with Gasteiger partial charge in [0, 0.05) is 26.2 Å². The molecule has 0 bridgehead atoms. The van der Waals surface area contributed by atoms with E-state index in [1.807, 2.05) is 13.8 Å². The minimum Gasteiger partial charge on any atom is -0.342 e. The smallest absolute Gasteiger partial charge is 0.263 e. The van der Waals surface area contributed by atoms with Gasteiger partial charge in [0.1, 0.15) is 9.77 Å². The van der Waals surface area contributed by atoms with Gasteiger partial charge in [-0.15, -0.1) is 11.3 Å². The largest absolute Gasteiger partial charge is 0.342 e. The molecule has 0 saturated carbocycles. The lowest BCUT2D eigenvalue weighted by Gasteiger charge is -2.19. The Morgan fingerprint density at radius 3 is 2.46 bits per heavy atom. The highest BCUT2D eigenvalue weighted by molar-refractivity contribution is 7.89. The first-order valence-electron chi connectivity index (χ1n) is 8.05. The van der Waals surface area contributed by atoms with Crippen LogP contribution in [0, 0.1) is 0 Å². The maximum atomic E-state index is 12.6. The summed E-state index contributed by atoms with van der Waals surface area (Å²) in [6, 6.07) is 1.46. The van der Waals surface area contributed by atoms with Crippen LogP contribution in [0.25, 0.3) is 0 Å². The monoisotopic (exact) mass is 373 g/mol. The summed E-state index contributed by atoms with van der Waals surface area (Å²) in [6.07, 6.45) is 1.67. The lowest BCUT2D eigenvalue weighted by Crippen LogP contribution is -2.40. The molecule has 0 aliphatic carbocycles. The van der Waals surface area contributed by atoms with E-state index in [4.69, 9.17) is 0 Å². The molecule has 2 rings (SSSR count). The van der Waals surface area contributed by atoms with Crippen molar-refractivity contribution in [3.63, 3.8) is 0 Å². The first-order valence-corrected chi connectivity index (χ1v) is 10.4. The Hall–Kier alpha value is -1.45. The summed E-state index contributed by atoms with van der Waals surface area (Å²) in [5.74, 6) is -0.711. The molecular weight excluding hydrogens is 350 g/mol. The van der Waals surface area contributed by atoms with Crippen molar-refractivity contribution in [3.8, 4) is 0 Å². The van der Waals surface area contributed by atoms with Crippen molar-refractivity contribution < 1.29 is 18.0 Å². The van der Waals surface area contributed by atoms with Gasteiger partial charge in [-0.1, -0.05) is 0 Å². The van der Waals surface area contributed by atoms with Crippen LogP contribution in [0.15, 0.2) is 16.3 Å². The molecule has 2 heterocycles. The molecule has 1 aliphatic heterocycles. The molecule has 24 heavy (non-hydrogen) atoms. The second-order valence-corrected chi connectivity index (χ2v) is 8.30. The van der Waals surface area contributed by atoms with Crippen LogP contribution in [0.5, 0.6) is 0 Å². The number of carbonyl (C=O) groups excluding carboxylic acids is 2. The second-order valence-electron chi connectivity index (χ2n) is 5.47. The van der Waals surface area contributed by atoms with Gasteiger partial charge in [0.15, 0.2) is 0 Å². The summed E-state index contributed by atoms with van der Waals surface area (Å²) >= 11 is 1.07. The number of amides is 2. The molecule has 7 nitrogen and oxygen atoms in total. The molecule has 9 heteroatoms. The summed E-state index contributed by atoms with van der Waals surface area (Å²) in [5.41, 5.74) is 0. The van der Waals surface area contributed by atoms with Crippen LogP contribution in [0.2, 0.25) is 0 Å². The zero-order chi connectivity index (χ0) is 17.7. The molecule has 0 atom stereocenters. The van der Waals surface area contributed by atoms with E-state index in [0.717, 1.165) is 24.2 Å². The number of sulfonamides is 1. The summed E-state index contributed by atoms with van der Waals surface area (Å²) in [7, 11) is -3.65. The summed E-state index contributed by atoms with van der Waals surface area (Å²) < 4.78 is 26.7. The van der Waals surface area contributed by atoms with Crippen molar-refractivity contribution in [1.29, 1.82) is 0 Å². The van der Waals surface area contributed by atoms with Crippen LogP contribution in [0.1, 0.15) is 36.4 Å². The Morgan fingerprint density at radius 2 is 1.88 bits per heavy atom. The highest BCUT2D eigenvalue weighted by atomic mass is 32.2. The molecule has 1 N–H and O–H groups in total. The third-order valence-electron chi connectivity index (χ3n) is 4.03. The van der Waals surface area contributed by atoms with Gasteiger partial charge in [0.05, 0.1) is 6.54 Å². The van der Waals surface area contributed by atoms with Crippen molar-refractivity contribution in [2.75, 3.05) is 32.7 Å². The fourth-order valence-corrected chi connectivity index (χ4v) is 5.49. The lowest BCUT2D eigenvalue weighted by molar-refractivity contribution is -0.129. The number of hydrogen-bond acceptors (Lipinski definition) is 5. The average molecular weight is 374 g/mol. The maximum Gasteiger partial charge on any atom is 0.263 e. The van der Waals surface area contributed by atoms with Crippen LogP contribution in [-0.4, -0.2) is 62.2 Å². The molecule has 0 radical (unpaired) electrons. The SMILES string of the molecule is CCN(CC)C(=O)CNC(=O)c1sccc1S(=O)(=O)N1CCCC1. The van der Waals surface area contributed by atoms with Crippen molar-refractivity contribution >= 4 is 33.2 Å². The van der Waals surface area contributed by atoms with E-state index in [1.165, 1.54) is 10.4 Å². The Labute approximate surface area is 146 Å². The van der Waals surface area contributed by atoms with Crippen LogP contribution in [-0.2, 0) is 14.8 Å². The van der Waals surface area contributed by atoms with Gasteiger partial charge in [0.25, 0.3) is 5.91 Å². The van der Waals surface area contributed by atoms with E-state index in [2.05, 4.69) is 5.32 Å². The molecule has 0 unspecified atom stereocenters. The molecule has 2 amide bonds. The topological polar surface area (TPSA) is 86.8 Å². The molecule has 1 saturated heterocycles. The van der Waals surface area contributed by atoms with Gasteiger partial charge in [-0.25, -0.2) is 8.42 Å². The van der Waals surface area contributed by atoms with Gasteiger partial charge < -0.3 is 10.2 Å². The number of nitrogens with zero attached hydrogens (tertiary/aromatic N) is 2. The molecule has 134 valence electrons. The maximum absolute atomic E-state index is 12.6. The predicted octanol–water partition coefficient (Wildman–Crippen LogP) is 1.13. The van der Waals surface area contributed by atoms with E-state index in [1.54, 1.807) is 10.3 Å². The Balaban J connectivity index is 2.09. The third-order valence-corrected chi connectivity index (χ3v) is 7.02.